The molecule has 9 heteroatoms. The van der Waals surface area contributed by atoms with E-state index >= 15 is 0 Å². The lowest BCUT2D eigenvalue weighted by Gasteiger charge is -2.44. The zero-order valence-corrected chi connectivity index (χ0v) is 47.9. The molecular formula is C64H96O9. The summed E-state index contributed by atoms with van der Waals surface area (Å²) in [4.78, 5) is 13.2. The van der Waals surface area contributed by atoms with E-state index in [0.29, 0.717) is 44.5 Å². The van der Waals surface area contributed by atoms with Gasteiger partial charge in [-0.05, 0) is 161 Å². The molecule has 0 aliphatic rings. The molecule has 4 aromatic rings. The number of carbonyl (C=O) groups excluding carboxylic acids is 1. The lowest BCUT2D eigenvalue weighted by Crippen LogP contribution is -2.45. The average Bonchev–Trinajstić information content (AvgIpc) is 3.34. The highest BCUT2D eigenvalue weighted by molar-refractivity contribution is 5.89. The molecule has 0 aliphatic heterocycles. The highest BCUT2D eigenvalue weighted by Crippen LogP contribution is 2.41. The van der Waals surface area contributed by atoms with E-state index in [9.17, 15) is 4.79 Å². The first-order chi connectivity index (χ1) is 34.4. The molecular weight excluding hydrogens is 913 g/mol. The van der Waals surface area contributed by atoms with E-state index in [-0.39, 0.29) is 46.1 Å². The van der Waals surface area contributed by atoms with Crippen molar-refractivity contribution in [3.05, 3.63) is 132 Å². The van der Waals surface area contributed by atoms with Crippen LogP contribution in [-0.2, 0) is 28.4 Å². The lowest BCUT2D eigenvalue weighted by molar-refractivity contribution is -0.122. The number of esters is 1. The number of ether oxygens (including phenoxy) is 8. The number of hydrogen-bond donors (Lipinski definition) is 0. The zero-order valence-electron chi connectivity index (χ0n) is 47.9. The van der Waals surface area contributed by atoms with Gasteiger partial charge in [0.05, 0.1) is 60.5 Å². The first-order valence-corrected chi connectivity index (χ1v) is 27.2. The van der Waals surface area contributed by atoms with Gasteiger partial charge in [0, 0.05) is 45.0 Å². The lowest BCUT2D eigenvalue weighted by atomic mass is 9.73. The first kappa shape index (κ1) is 61.3. The molecule has 0 N–H and O–H groups in total. The Balaban J connectivity index is 1.08. The van der Waals surface area contributed by atoms with Crippen LogP contribution in [0.15, 0.2) is 115 Å². The van der Waals surface area contributed by atoms with E-state index in [2.05, 4.69) is 119 Å². The van der Waals surface area contributed by atoms with E-state index in [1.54, 1.807) is 19.2 Å². The number of carbonyl (C=O) groups is 1. The van der Waals surface area contributed by atoms with E-state index in [1.807, 2.05) is 80.6 Å². The van der Waals surface area contributed by atoms with Gasteiger partial charge in [0.2, 0.25) is 0 Å². The van der Waals surface area contributed by atoms with Crippen molar-refractivity contribution in [1.82, 2.24) is 0 Å². The standard InChI is InChI=1S/C64H96O9/c1-49(50(2)69-47-56(62(9,10)66-15)51-30-19-16-20-31-51)29-25-27-43-70-60(5,6)41-45-67-54-36-38-55(39-37-54)68-46-42-61(7,8)71-44-28-26-40-59(3,4)64(13,14)72-48-57(52-32-21-17-22-33-52)63(11,12)73-58(65)53-34-23-18-24-35-53/h16-24,30-39,49-50,56-57H,25-29,40-48H2,1-15H3. The Morgan fingerprint density at radius 2 is 0.945 bits per heavy atom. The third-order valence-corrected chi connectivity index (χ3v) is 15.5. The Morgan fingerprint density at radius 1 is 0.493 bits per heavy atom. The molecule has 406 valence electrons. The van der Waals surface area contributed by atoms with Gasteiger partial charge in [0.1, 0.15) is 17.1 Å². The molecule has 0 aromatic heterocycles. The smallest absolute Gasteiger partial charge is 0.338 e. The Labute approximate surface area is 442 Å². The van der Waals surface area contributed by atoms with Gasteiger partial charge in [-0.3, -0.25) is 0 Å². The first-order valence-electron chi connectivity index (χ1n) is 27.2. The maximum Gasteiger partial charge on any atom is 0.338 e. The Bertz CT molecular complexity index is 2130. The number of unbranched alkanes of at least 4 members (excludes halogenated alkanes) is 2. The van der Waals surface area contributed by atoms with E-state index in [0.717, 1.165) is 75.0 Å². The minimum atomic E-state index is -0.812. The topological polar surface area (TPSA) is 90.9 Å². The molecule has 0 fully saturated rings. The summed E-state index contributed by atoms with van der Waals surface area (Å²) in [5.41, 5.74) is 0.550. The fourth-order valence-corrected chi connectivity index (χ4v) is 8.83. The number of rotatable bonds is 35. The fraction of sp³-hybridized carbons (Fsp3) is 0.609. The summed E-state index contributed by atoms with van der Waals surface area (Å²) in [5, 5.41) is 0. The SMILES string of the molecule is COC(C)(C)C(COC(C)C(C)CCCCOC(C)(C)CCOc1ccc(OCCC(C)(C)OCCCCC(C)(C)C(C)(C)OCC(c2ccccc2)C(C)(C)OC(=O)c2ccccc2)cc1)c1ccccc1. The van der Waals surface area contributed by atoms with Gasteiger partial charge in [0.25, 0.3) is 0 Å². The van der Waals surface area contributed by atoms with Gasteiger partial charge >= 0.3 is 5.97 Å². The highest BCUT2D eigenvalue weighted by atomic mass is 16.6. The van der Waals surface area contributed by atoms with E-state index in [1.165, 1.54) is 5.56 Å². The number of benzene rings is 4. The molecule has 0 heterocycles. The van der Waals surface area contributed by atoms with E-state index in [4.69, 9.17) is 37.9 Å². The quantitative estimate of drug-likeness (QED) is 0.0330. The van der Waals surface area contributed by atoms with E-state index < -0.39 is 11.2 Å². The second kappa shape index (κ2) is 28.6. The van der Waals surface area contributed by atoms with Gasteiger partial charge in [0.15, 0.2) is 0 Å². The highest BCUT2D eigenvalue weighted by Gasteiger charge is 2.41. The van der Waals surface area contributed by atoms with Crippen LogP contribution in [0.1, 0.15) is 182 Å². The molecule has 0 aliphatic carbocycles. The summed E-state index contributed by atoms with van der Waals surface area (Å²) in [6.07, 6.45) is 7.85. The van der Waals surface area contributed by atoms with Gasteiger partial charge in [-0.2, -0.15) is 0 Å². The van der Waals surface area contributed by atoms with Gasteiger partial charge < -0.3 is 37.9 Å². The molecule has 0 saturated heterocycles. The summed E-state index contributed by atoms with van der Waals surface area (Å²) in [6.45, 7) is 33.7. The summed E-state index contributed by atoms with van der Waals surface area (Å²) < 4.78 is 50.3. The molecule has 4 unspecified atom stereocenters. The van der Waals surface area contributed by atoms with Crippen LogP contribution < -0.4 is 9.47 Å². The van der Waals surface area contributed by atoms with Crippen molar-refractivity contribution in [3.8, 4) is 11.5 Å². The second-order valence-corrected chi connectivity index (χ2v) is 23.7. The van der Waals surface area contributed by atoms with Crippen LogP contribution in [0.25, 0.3) is 0 Å². The predicted octanol–water partition coefficient (Wildman–Crippen LogP) is 15.6. The van der Waals surface area contributed by atoms with Crippen molar-refractivity contribution in [2.75, 3.05) is 46.8 Å². The van der Waals surface area contributed by atoms with Crippen molar-refractivity contribution in [1.29, 1.82) is 0 Å². The van der Waals surface area contributed by atoms with Crippen molar-refractivity contribution in [2.24, 2.45) is 11.3 Å². The van der Waals surface area contributed by atoms with Crippen molar-refractivity contribution >= 4 is 5.97 Å². The molecule has 0 bridgehead atoms. The second-order valence-electron chi connectivity index (χ2n) is 23.7. The van der Waals surface area contributed by atoms with Crippen LogP contribution in [-0.4, -0.2) is 86.8 Å². The average molecular weight is 1010 g/mol. The third-order valence-electron chi connectivity index (χ3n) is 15.5. The molecule has 9 nitrogen and oxygen atoms in total. The minimum Gasteiger partial charge on any atom is -0.493 e. The van der Waals surface area contributed by atoms with Crippen LogP contribution in [0.5, 0.6) is 11.5 Å². The van der Waals surface area contributed by atoms with Crippen LogP contribution in [0.4, 0.5) is 0 Å². The summed E-state index contributed by atoms with van der Waals surface area (Å²) >= 11 is 0. The van der Waals surface area contributed by atoms with Crippen molar-refractivity contribution < 1.29 is 42.7 Å². The predicted molar refractivity (Wildman–Crippen MR) is 298 cm³/mol. The molecule has 4 atom stereocenters. The Morgan fingerprint density at radius 3 is 1.42 bits per heavy atom. The monoisotopic (exact) mass is 1010 g/mol. The molecule has 0 radical (unpaired) electrons. The molecule has 0 amide bonds. The van der Waals surface area contributed by atoms with Gasteiger partial charge in [-0.1, -0.05) is 112 Å². The Hall–Kier alpha value is -4.25. The molecule has 0 saturated carbocycles. The number of hydrogen-bond acceptors (Lipinski definition) is 9. The summed E-state index contributed by atoms with van der Waals surface area (Å²) in [7, 11) is 1.78. The zero-order chi connectivity index (χ0) is 53.8. The minimum absolute atomic E-state index is 0.124. The maximum atomic E-state index is 13.2. The largest absolute Gasteiger partial charge is 0.493 e. The summed E-state index contributed by atoms with van der Waals surface area (Å²) in [5.74, 6) is 1.72. The summed E-state index contributed by atoms with van der Waals surface area (Å²) in [6, 6.07) is 37.8. The van der Waals surface area contributed by atoms with Crippen LogP contribution in [0, 0.1) is 11.3 Å². The third kappa shape index (κ3) is 20.8. The van der Waals surface area contributed by atoms with Crippen molar-refractivity contribution in [3.63, 3.8) is 0 Å². The molecule has 4 aromatic carbocycles. The fourth-order valence-electron chi connectivity index (χ4n) is 8.83. The number of methoxy groups -OCH3 is 1. The van der Waals surface area contributed by atoms with Crippen LogP contribution in [0.2, 0.25) is 0 Å². The normalized spacial score (nSPS) is 14.6. The van der Waals surface area contributed by atoms with Gasteiger partial charge in [-0.15, -0.1) is 0 Å². The Kier molecular flexibility index (Phi) is 24.0. The van der Waals surface area contributed by atoms with Crippen molar-refractivity contribution in [2.45, 2.75) is 194 Å². The van der Waals surface area contributed by atoms with Gasteiger partial charge in [-0.25, -0.2) is 4.79 Å². The maximum absolute atomic E-state index is 13.2. The molecule has 0 spiro atoms. The molecule has 73 heavy (non-hydrogen) atoms. The molecule has 4 rings (SSSR count). The van der Waals surface area contributed by atoms with Crippen LogP contribution >= 0.6 is 0 Å². The van der Waals surface area contributed by atoms with Crippen LogP contribution in [0.3, 0.4) is 0 Å².